The predicted octanol–water partition coefficient (Wildman–Crippen LogP) is 0.398. The monoisotopic (exact) mass is 209 g/mol. The van der Waals surface area contributed by atoms with E-state index in [0.717, 1.165) is 0 Å². The van der Waals surface area contributed by atoms with Gasteiger partial charge in [0.05, 0.1) is 4.92 Å². The number of rotatable bonds is 3. The van der Waals surface area contributed by atoms with Gasteiger partial charge in [-0.1, -0.05) is 19.9 Å². The van der Waals surface area contributed by atoms with Crippen LogP contribution in [0.5, 0.6) is 0 Å². The highest BCUT2D eigenvalue weighted by Gasteiger charge is 2.20. The van der Waals surface area contributed by atoms with Gasteiger partial charge in [0, 0.05) is 12.1 Å². The summed E-state index contributed by atoms with van der Waals surface area (Å²) in [5.74, 6) is 0.00157. The van der Waals surface area contributed by atoms with Crippen LogP contribution in [0.4, 0.5) is 5.69 Å². The van der Waals surface area contributed by atoms with E-state index in [9.17, 15) is 10.1 Å². The van der Waals surface area contributed by atoms with Crippen molar-refractivity contribution >= 4 is 18.3 Å². The molecule has 0 saturated heterocycles. The molecule has 1 aromatic carbocycles. The maximum Gasteiger partial charge on any atom is 0.488 e. The van der Waals surface area contributed by atoms with Crippen LogP contribution >= 0.6 is 0 Å². The van der Waals surface area contributed by atoms with Crippen LogP contribution in [-0.4, -0.2) is 22.1 Å². The van der Waals surface area contributed by atoms with E-state index in [1.165, 1.54) is 18.2 Å². The van der Waals surface area contributed by atoms with Crippen molar-refractivity contribution in [3.63, 3.8) is 0 Å². The molecule has 6 heteroatoms. The number of non-ortho nitro benzene ring substituents is 1. The molecule has 0 aliphatic carbocycles. The minimum absolute atomic E-state index is 0.00157. The molecule has 0 unspecified atom stereocenters. The largest absolute Gasteiger partial charge is 0.488 e. The Morgan fingerprint density at radius 3 is 2.40 bits per heavy atom. The summed E-state index contributed by atoms with van der Waals surface area (Å²) in [5.41, 5.74) is 0.859. The van der Waals surface area contributed by atoms with Crippen LogP contribution in [0.25, 0.3) is 0 Å². The lowest BCUT2D eigenvalue weighted by atomic mass is 9.74. The first-order valence-electron chi connectivity index (χ1n) is 4.58. The maximum absolute atomic E-state index is 10.5. The van der Waals surface area contributed by atoms with E-state index in [-0.39, 0.29) is 11.6 Å². The second-order valence-electron chi connectivity index (χ2n) is 3.60. The van der Waals surface area contributed by atoms with Gasteiger partial charge in [-0.15, -0.1) is 0 Å². The fourth-order valence-corrected chi connectivity index (χ4v) is 1.41. The Morgan fingerprint density at radius 1 is 1.40 bits per heavy atom. The summed E-state index contributed by atoms with van der Waals surface area (Å²) in [6, 6.07) is 4.01. The predicted molar refractivity (Wildman–Crippen MR) is 57.0 cm³/mol. The van der Waals surface area contributed by atoms with Gasteiger partial charge < -0.3 is 10.0 Å². The van der Waals surface area contributed by atoms with Gasteiger partial charge in [-0.25, -0.2) is 0 Å². The second kappa shape index (κ2) is 4.42. The Labute approximate surface area is 87.7 Å². The normalized spacial score (nSPS) is 10.5. The molecule has 0 saturated carbocycles. The molecule has 0 aliphatic rings. The summed E-state index contributed by atoms with van der Waals surface area (Å²) in [6.45, 7) is 3.68. The first-order chi connectivity index (χ1) is 6.93. The summed E-state index contributed by atoms with van der Waals surface area (Å²) in [7, 11) is -1.59. The molecule has 5 nitrogen and oxygen atoms in total. The number of nitro benzene ring substituents is 1. The van der Waals surface area contributed by atoms with Crippen LogP contribution in [0, 0.1) is 10.1 Å². The minimum Gasteiger partial charge on any atom is -0.423 e. The third-order valence-corrected chi connectivity index (χ3v) is 2.18. The topological polar surface area (TPSA) is 83.6 Å². The lowest BCUT2D eigenvalue weighted by Crippen LogP contribution is -2.33. The Hall–Kier alpha value is -1.40. The zero-order chi connectivity index (χ0) is 11.6. The van der Waals surface area contributed by atoms with Crippen molar-refractivity contribution in [3.8, 4) is 0 Å². The van der Waals surface area contributed by atoms with Crippen molar-refractivity contribution in [2.45, 2.75) is 19.8 Å². The van der Waals surface area contributed by atoms with Crippen LogP contribution in [0.3, 0.4) is 0 Å². The lowest BCUT2D eigenvalue weighted by Gasteiger charge is -2.11. The highest BCUT2D eigenvalue weighted by molar-refractivity contribution is 6.59. The van der Waals surface area contributed by atoms with Crippen molar-refractivity contribution in [1.82, 2.24) is 0 Å². The quantitative estimate of drug-likeness (QED) is 0.428. The van der Waals surface area contributed by atoms with Crippen LogP contribution in [0.1, 0.15) is 25.3 Å². The van der Waals surface area contributed by atoms with Crippen molar-refractivity contribution in [3.05, 3.63) is 33.9 Å². The fraction of sp³-hybridized carbons (Fsp3) is 0.333. The van der Waals surface area contributed by atoms with E-state index in [1.54, 1.807) is 0 Å². The Bertz CT molecular complexity index is 378. The van der Waals surface area contributed by atoms with Gasteiger partial charge in [-0.3, -0.25) is 10.1 Å². The van der Waals surface area contributed by atoms with E-state index in [1.807, 2.05) is 13.8 Å². The highest BCUT2D eigenvalue weighted by Crippen LogP contribution is 2.18. The molecule has 2 N–H and O–H groups in total. The number of nitro groups is 1. The summed E-state index contributed by atoms with van der Waals surface area (Å²) in [4.78, 5) is 10.0. The van der Waals surface area contributed by atoms with Gasteiger partial charge in [-0.2, -0.15) is 0 Å². The first kappa shape index (κ1) is 11.7. The number of benzene rings is 1. The van der Waals surface area contributed by atoms with Crippen LogP contribution in [0.2, 0.25) is 0 Å². The smallest absolute Gasteiger partial charge is 0.423 e. The van der Waals surface area contributed by atoms with E-state index in [0.29, 0.717) is 11.0 Å². The van der Waals surface area contributed by atoms with Crippen molar-refractivity contribution in [2.75, 3.05) is 0 Å². The molecule has 0 amide bonds. The van der Waals surface area contributed by atoms with Gasteiger partial charge in [-0.05, 0) is 16.9 Å². The SMILES string of the molecule is CC(C)c1cc([N+](=O)[O-])ccc1B(O)O. The van der Waals surface area contributed by atoms with Crippen molar-refractivity contribution in [2.24, 2.45) is 0 Å². The average Bonchev–Trinajstić information content (AvgIpc) is 2.16. The molecule has 80 valence electrons. The molecule has 0 fully saturated rings. The lowest BCUT2D eigenvalue weighted by molar-refractivity contribution is -0.384. The van der Waals surface area contributed by atoms with E-state index < -0.39 is 12.0 Å². The molecule has 0 heterocycles. The minimum atomic E-state index is -1.59. The second-order valence-corrected chi connectivity index (χ2v) is 3.60. The third kappa shape index (κ3) is 2.54. The summed E-state index contributed by atoms with van der Waals surface area (Å²) in [5, 5.41) is 28.7. The molecule has 1 aromatic rings. The zero-order valence-corrected chi connectivity index (χ0v) is 8.54. The Morgan fingerprint density at radius 2 is 2.00 bits per heavy atom. The summed E-state index contributed by atoms with van der Waals surface area (Å²) in [6.07, 6.45) is 0. The standard InChI is InChI=1S/C9H12BNO4/c1-6(2)8-5-7(11(14)15)3-4-9(8)10(12)13/h3-6,12-13H,1-2H3. The van der Waals surface area contributed by atoms with Gasteiger partial charge >= 0.3 is 7.12 Å². The van der Waals surface area contributed by atoms with E-state index in [2.05, 4.69) is 0 Å². The Kier molecular flexibility index (Phi) is 3.44. The molecule has 0 aliphatic heterocycles. The molecule has 15 heavy (non-hydrogen) atoms. The zero-order valence-electron chi connectivity index (χ0n) is 8.54. The third-order valence-electron chi connectivity index (χ3n) is 2.18. The molecule has 0 aromatic heterocycles. The highest BCUT2D eigenvalue weighted by atomic mass is 16.6. The maximum atomic E-state index is 10.5. The van der Waals surface area contributed by atoms with Crippen LogP contribution in [-0.2, 0) is 0 Å². The average molecular weight is 209 g/mol. The molecule has 0 bridgehead atoms. The van der Waals surface area contributed by atoms with Crippen LogP contribution < -0.4 is 5.46 Å². The molecular weight excluding hydrogens is 197 g/mol. The van der Waals surface area contributed by atoms with Gasteiger partial charge in [0.25, 0.3) is 5.69 Å². The van der Waals surface area contributed by atoms with Gasteiger partial charge in [0.1, 0.15) is 0 Å². The van der Waals surface area contributed by atoms with E-state index in [4.69, 9.17) is 10.0 Å². The van der Waals surface area contributed by atoms with Crippen molar-refractivity contribution in [1.29, 1.82) is 0 Å². The summed E-state index contributed by atoms with van der Waals surface area (Å²) < 4.78 is 0. The van der Waals surface area contributed by atoms with Gasteiger partial charge in [0.15, 0.2) is 0 Å². The Balaban J connectivity index is 3.27. The van der Waals surface area contributed by atoms with Gasteiger partial charge in [0.2, 0.25) is 0 Å². The van der Waals surface area contributed by atoms with Crippen molar-refractivity contribution < 1.29 is 15.0 Å². The molecular formula is C9H12BNO4. The molecule has 0 spiro atoms. The molecule has 1 rings (SSSR count). The molecule has 0 radical (unpaired) electrons. The molecule has 0 atom stereocenters. The van der Waals surface area contributed by atoms with Crippen LogP contribution in [0.15, 0.2) is 18.2 Å². The first-order valence-corrected chi connectivity index (χ1v) is 4.58. The number of hydrogen-bond donors (Lipinski definition) is 2. The van der Waals surface area contributed by atoms with E-state index >= 15 is 0 Å². The number of hydrogen-bond acceptors (Lipinski definition) is 4. The number of nitrogens with zero attached hydrogens (tertiary/aromatic N) is 1. The summed E-state index contributed by atoms with van der Waals surface area (Å²) >= 11 is 0. The fourth-order valence-electron chi connectivity index (χ4n) is 1.41.